The van der Waals surface area contributed by atoms with E-state index in [1.54, 1.807) is 53.0 Å². The maximum absolute atomic E-state index is 15.8. The standard InChI is InChI=1S/C24H29FN2O6/c1-13-20-19(15-9-14(30-5)7-8-17(15)26-13)16(25)10-24(32-20)11-18(21(28)31-6)27(12-24)22(29)33-23(2,3)4/h7-9,16,18H,10-12H2,1-6H3/t16-,18+,24-/m1/s1. The fourth-order valence-corrected chi connectivity index (χ4v) is 4.66. The minimum atomic E-state index is -1.39. The number of carbonyl (C=O) groups excluding carboxylic acids is 2. The van der Waals surface area contributed by atoms with Crippen LogP contribution in [0.25, 0.3) is 10.9 Å². The number of nitrogens with zero attached hydrogens (tertiary/aromatic N) is 2. The minimum Gasteiger partial charge on any atom is -0.497 e. The number of pyridine rings is 1. The lowest BCUT2D eigenvalue weighted by Crippen LogP contribution is -2.46. The van der Waals surface area contributed by atoms with Crippen LogP contribution < -0.4 is 9.47 Å². The molecule has 178 valence electrons. The van der Waals surface area contributed by atoms with Crippen molar-refractivity contribution in [3.8, 4) is 11.5 Å². The zero-order valence-corrected chi connectivity index (χ0v) is 19.7. The molecule has 1 aromatic heterocycles. The monoisotopic (exact) mass is 460 g/mol. The second kappa shape index (κ2) is 8.04. The molecule has 0 saturated carbocycles. The zero-order valence-electron chi connectivity index (χ0n) is 19.7. The number of amides is 1. The number of likely N-dealkylation sites (tertiary alicyclic amines) is 1. The van der Waals surface area contributed by atoms with Gasteiger partial charge in [0.1, 0.15) is 34.9 Å². The predicted molar refractivity (Wildman–Crippen MR) is 118 cm³/mol. The van der Waals surface area contributed by atoms with Gasteiger partial charge in [0.25, 0.3) is 0 Å². The van der Waals surface area contributed by atoms with Crippen LogP contribution in [0.15, 0.2) is 18.2 Å². The molecule has 33 heavy (non-hydrogen) atoms. The first-order valence-corrected chi connectivity index (χ1v) is 10.9. The van der Waals surface area contributed by atoms with E-state index in [9.17, 15) is 9.59 Å². The van der Waals surface area contributed by atoms with E-state index in [4.69, 9.17) is 18.9 Å². The van der Waals surface area contributed by atoms with Crippen LogP contribution >= 0.6 is 0 Å². The Kier molecular flexibility index (Phi) is 5.62. The highest BCUT2D eigenvalue weighted by Gasteiger charge is 2.55. The molecule has 0 aliphatic carbocycles. The van der Waals surface area contributed by atoms with E-state index in [0.29, 0.717) is 33.7 Å². The van der Waals surface area contributed by atoms with Gasteiger partial charge in [-0.15, -0.1) is 0 Å². The molecule has 3 heterocycles. The number of rotatable bonds is 2. The highest BCUT2D eigenvalue weighted by atomic mass is 19.1. The summed E-state index contributed by atoms with van der Waals surface area (Å²) in [6, 6.07) is 4.36. The van der Waals surface area contributed by atoms with E-state index >= 15 is 4.39 Å². The fraction of sp³-hybridized carbons (Fsp3) is 0.542. The summed E-state index contributed by atoms with van der Waals surface area (Å²) >= 11 is 0. The van der Waals surface area contributed by atoms with Gasteiger partial charge in [0, 0.05) is 23.8 Å². The van der Waals surface area contributed by atoms with E-state index in [1.165, 1.54) is 12.0 Å². The molecular formula is C24H29FN2O6. The first-order chi connectivity index (χ1) is 15.5. The molecule has 0 N–H and O–H groups in total. The van der Waals surface area contributed by atoms with Gasteiger partial charge in [-0.1, -0.05) is 0 Å². The van der Waals surface area contributed by atoms with Gasteiger partial charge in [-0.05, 0) is 45.9 Å². The van der Waals surface area contributed by atoms with Gasteiger partial charge in [0.2, 0.25) is 0 Å². The van der Waals surface area contributed by atoms with Gasteiger partial charge >= 0.3 is 12.1 Å². The second-order valence-corrected chi connectivity index (χ2v) is 9.63. The SMILES string of the molecule is COC(=O)[C@@H]1C[C@]2(C[C@@H](F)c3c(c(C)nc4ccc(OC)cc34)O2)CN1C(=O)OC(C)(C)C. The number of ether oxygens (including phenoxy) is 4. The molecule has 1 amide bonds. The van der Waals surface area contributed by atoms with E-state index in [2.05, 4.69) is 4.98 Å². The largest absolute Gasteiger partial charge is 0.497 e. The quantitative estimate of drug-likeness (QED) is 0.619. The third-order valence-corrected chi connectivity index (χ3v) is 6.04. The molecule has 1 fully saturated rings. The molecule has 2 aliphatic rings. The highest BCUT2D eigenvalue weighted by molar-refractivity contribution is 5.87. The van der Waals surface area contributed by atoms with Crippen molar-refractivity contribution in [2.75, 3.05) is 20.8 Å². The second-order valence-electron chi connectivity index (χ2n) is 9.63. The van der Waals surface area contributed by atoms with Crippen molar-refractivity contribution in [2.45, 2.75) is 64.0 Å². The summed E-state index contributed by atoms with van der Waals surface area (Å²) in [6.45, 7) is 6.97. The van der Waals surface area contributed by atoms with Crippen molar-refractivity contribution in [2.24, 2.45) is 0 Å². The number of fused-ring (bicyclic) bond motifs is 3. The van der Waals surface area contributed by atoms with Crippen molar-refractivity contribution < 1.29 is 32.9 Å². The number of hydrogen-bond acceptors (Lipinski definition) is 7. The lowest BCUT2D eigenvalue weighted by Gasteiger charge is -2.38. The maximum atomic E-state index is 15.8. The molecule has 4 rings (SSSR count). The Balaban J connectivity index is 1.74. The van der Waals surface area contributed by atoms with Gasteiger partial charge < -0.3 is 18.9 Å². The summed E-state index contributed by atoms with van der Waals surface area (Å²) in [4.78, 5) is 31.3. The highest BCUT2D eigenvalue weighted by Crippen LogP contribution is 2.50. The Bertz CT molecular complexity index is 1110. The van der Waals surface area contributed by atoms with Crippen LogP contribution in [-0.4, -0.2) is 60.0 Å². The summed E-state index contributed by atoms with van der Waals surface area (Å²) in [5.74, 6) is 0.329. The number of alkyl halides is 1. The average Bonchev–Trinajstić information content (AvgIpc) is 3.10. The summed E-state index contributed by atoms with van der Waals surface area (Å²) in [5.41, 5.74) is -0.277. The number of carbonyl (C=O) groups is 2. The summed E-state index contributed by atoms with van der Waals surface area (Å²) in [6.07, 6.45) is -1.99. The molecule has 2 aliphatic heterocycles. The van der Waals surface area contributed by atoms with E-state index in [-0.39, 0.29) is 19.4 Å². The molecule has 9 heteroatoms. The topological polar surface area (TPSA) is 87.2 Å². The Morgan fingerprint density at radius 1 is 1.24 bits per heavy atom. The van der Waals surface area contributed by atoms with E-state index in [0.717, 1.165) is 0 Å². The van der Waals surface area contributed by atoms with E-state index < -0.39 is 35.5 Å². The molecule has 1 spiro atoms. The van der Waals surface area contributed by atoms with E-state index in [1.807, 2.05) is 0 Å². The molecule has 1 saturated heterocycles. The maximum Gasteiger partial charge on any atom is 0.411 e. The van der Waals surface area contributed by atoms with Crippen molar-refractivity contribution >= 4 is 23.0 Å². The van der Waals surface area contributed by atoms with Crippen LogP contribution in [0.4, 0.5) is 9.18 Å². The van der Waals surface area contributed by atoms with Gasteiger partial charge in [-0.3, -0.25) is 4.90 Å². The van der Waals surface area contributed by atoms with Gasteiger partial charge in [-0.25, -0.2) is 19.0 Å². The Hall–Kier alpha value is -3.10. The summed E-state index contributed by atoms with van der Waals surface area (Å²) < 4.78 is 37.9. The average molecular weight is 461 g/mol. The number of benzene rings is 1. The minimum absolute atomic E-state index is 0.00285. The molecule has 2 aromatic rings. The van der Waals surface area contributed by atoms with Gasteiger partial charge in [0.15, 0.2) is 0 Å². The number of aromatic nitrogens is 1. The summed E-state index contributed by atoms with van der Waals surface area (Å²) in [5, 5.41) is 0.615. The number of esters is 1. The Morgan fingerprint density at radius 3 is 2.61 bits per heavy atom. The summed E-state index contributed by atoms with van der Waals surface area (Å²) in [7, 11) is 2.80. The first kappa shape index (κ1) is 23.1. The normalized spacial score (nSPS) is 24.4. The lowest BCUT2D eigenvalue weighted by atomic mass is 9.86. The third kappa shape index (κ3) is 4.16. The van der Waals surface area contributed by atoms with Crippen LogP contribution in [0, 0.1) is 6.92 Å². The number of halogens is 1. The number of hydrogen-bond donors (Lipinski definition) is 0. The van der Waals surface area contributed by atoms with Crippen LogP contribution in [0.3, 0.4) is 0 Å². The van der Waals surface area contributed by atoms with Crippen molar-refractivity contribution in [3.63, 3.8) is 0 Å². The van der Waals surface area contributed by atoms with Crippen molar-refractivity contribution in [1.82, 2.24) is 9.88 Å². The molecule has 3 atom stereocenters. The lowest BCUT2D eigenvalue weighted by molar-refractivity contribution is -0.145. The number of aryl methyl sites for hydroxylation is 1. The first-order valence-electron chi connectivity index (χ1n) is 10.9. The molecular weight excluding hydrogens is 431 g/mol. The predicted octanol–water partition coefficient (Wildman–Crippen LogP) is 4.27. The van der Waals surface area contributed by atoms with Crippen LogP contribution in [0.1, 0.15) is 51.0 Å². The molecule has 8 nitrogen and oxygen atoms in total. The van der Waals surface area contributed by atoms with Crippen LogP contribution in [-0.2, 0) is 14.3 Å². The molecule has 0 unspecified atom stereocenters. The van der Waals surface area contributed by atoms with Crippen molar-refractivity contribution in [1.29, 1.82) is 0 Å². The van der Waals surface area contributed by atoms with Crippen molar-refractivity contribution in [3.05, 3.63) is 29.5 Å². The third-order valence-electron chi connectivity index (χ3n) is 6.04. The number of methoxy groups -OCH3 is 2. The Morgan fingerprint density at radius 2 is 1.97 bits per heavy atom. The Labute approximate surface area is 191 Å². The molecule has 0 radical (unpaired) electrons. The van der Waals surface area contributed by atoms with Gasteiger partial charge in [-0.2, -0.15) is 0 Å². The van der Waals surface area contributed by atoms with Crippen LogP contribution in [0.2, 0.25) is 0 Å². The zero-order chi connectivity index (χ0) is 24.1. The van der Waals surface area contributed by atoms with Crippen LogP contribution in [0.5, 0.6) is 11.5 Å². The fourth-order valence-electron chi connectivity index (χ4n) is 4.66. The molecule has 0 bridgehead atoms. The van der Waals surface area contributed by atoms with Gasteiger partial charge in [0.05, 0.1) is 32.0 Å². The smallest absolute Gasteiger partial charge is 0.411 e. The molecule has 1 aromatic carbocycles.